The third kappa shape index (κ3) is 3.37. The zero-order chi connectivity index (χ0) is 17.1. The predicted molar refractivity (Wildman–Crippen MR) is 101 cm³/mol. The Morgan fingerprint density at radius 3 is 1.92 bits per heavy atom. The van der Waals surface area contributed by atoms with Crippen molar-refractivity contribution in [3.63, 3.8) is 0 Å². The van der Waals surface area contributed by atoms with E-state index in [1.807, 2.05) is 36.4 Å². The number of benzene rings is 3. The average Bonchev–Trinajstić information content (AvgIpc) is 2.69. The van der Waals surface area contributed by atoms with Gasteiger partial charge in [-0.2, -0.15) is 0 Å². The molecule has 0 radical (unpaired) electrons. The normalized spacial score (nSPS) is 16.8. The van der Waals surface area contributed by atoms with E-state index in [0.717, 1.165) is 25.1 Å². The molecule has 25 heavy (non-hydrogen) atoms. The largest absolute Gasteiger partial charge is 0.386 e. The van der Waals surface area contributed by atoms with Crippen LogP contribution in [-0.2, 0) is 13.0 Å². The molecule has 0 bridgehead atoms. The van der Waals surface area contributed by atoms with Crippen LogP contribution in [0.15, 0.2) is 84.9 Å². The summed E-state index contributed by atoms with van der Waals surface area (Å²) >= 11 is 0. The van der Waals surface area contributed by atoms with E-state index in [-0.39, 0.29) is 6.04 Å². The maximum atomic E-state index is 11.2. The van der Waals surface area contributed by atoms with Crippen molar-refractivity contribution in [2.75, 3.05) is 6.54 Å². The van der Waals surface area contributed by atoms with Gasteiger partial charge in [-0.1, -0.05) is 84.9 Å². The topological polar surface area (TPSA) is 23.5 Å². The van der Waals surface area contributed by atoms with Gasteiger partial charge in [0.15, 0.2) is 0 Å². The highest BCUT2D eigenvalue weighted by molar-refractivity contribution is 5.31. The van der Waals surface area contributed by atoms with E-state index in [1.165, 1.54) is 16.7 Å². The van der Waals surface area contributed by atoms with Gasteiger partial charge in [0.25, 0.3) is 0 Å². The monoisotopic (exact) mass is 329 g/mol. The van der Waals surface area contributed by atoms with Crippen LogP contribution in [0.3, 0.4) is 0 Å². The zero-order valence-electron chi connectivity index (χ0n) is 14.3. The standard InChI is InChI=1S/C23H23NO/c25-23(20-12-5-2-6-13-20)22(19-10-3-1-4-11-19)24-16-15-18-9-7-8-14-21(18)17-24/h1-14,22-23,25H,15-17H2/t22-,23-/m0/s1. The quantitative estimate of drug-likeness (QED) is 0.761. The number of aliphatic hydroxyl groups excluding tert-OH is 1. The SMILES string of the molecule is O[C@@H](c1ccccc1)[C@H](c1ccccc1)N1CCc2ccccc2C1. The predicted octanol–water partition coefficient (Wildman–Crippen LogP) is 4.52. The molecule has 1 aliphatic rings. The molecule has 0 aromatic heterocycles. The molecule has 0 spiro atoms. The highest BCUT2D eigenvalue weighted by atomic mass is 16.3. The van der Waals surface area contributed by atoms with E-state index in [0.29, 0.717) is 0 Å². The Bertz CT molecular complexity index is 816. The summed E-state index contributed by atoms with van der Waals surface area (Å²) in [6.07, 6.45) is 0.481. The van der Waals surface area contributed by atoms with Gasteiger partial charge >= 0.3 is 0 Å². The van der Waals surface area contributed by atoms with E-state index in [1.54, 1.807) is 0 Å². The minimum Gasteiger partial charge on any atom is -0.386 e. The van der Waals surface area contributed by atoms with Crippen LogP contribution in [-0.4, -0.2) is 16.6 Å². The Labute approximate surface area is 149 Å². The minimum absolute atomic E-state index is 0.0445. The summed E-state index contributed by atoms with van der Waals surface area (Å²) in [7, 11) is 0. The molecule has 126 valence electrons. The molecule has 0 unspecified atom stereocenters. The van der Waals surface area contributed by atoms with Gasteiger partial charge in [0.05, 0.1) is 12.1 Å². The van der Waals surface area contributed by atoms with Crippen molar-refractivity contribution in [2.24, 2.45) is 0 Å². The number of aliphatic hydroxyl groups is 1. The number of fused-ring (bicyclic) bond motifs is 1. The lowest BCUT2D eigenvalue weighted by atomic mass is 9.91. The first-order valence-electron chi connectivity index (χ1n) is 8.92. The van der Waals surface area contributed by atoms with Crippen molar-refractivity contribution in [1.29, 1.82) is 0 Å². The van der Waals surface area contributed by atoms with Crippen molar-refractivity contribution in [2.45, 2.75) is 25.1 Å². The smallest absolute Gasteiger partial charge is 0.0986 e. The Kier molecular flexibility index (Phi) is 4.64. The molecule has 2 nitrogen and oxygen atoms in total. The molecule has 0 amide bonds. The van der Waals surface area contributed by atoms with Crippen LogP contribution < -0.4 is 0 Å². The van der Waals surface area contributed by atoms with E-state index < -0.39 is 6.10 Å². The van der Waals surface area contributed by atoms with Gasteiger partial charge in [0.1, 0.15) is 0 Å². The Balaban J connectivity index is 1.69. The van der Waals surface area contributed by atoms with Gasteiger partial charge in [-0.15, -0.1) is 0 Å². The van der Waals surface area contributed by atoms with Gasteiger partial charge in [0.2, 0.25) is 0 Å². The molecule has 3 aromatic rings. The summed E-state index contributed by atoms with van der Waals surface area (Å²) in [6, 6.07) is 29.0. The number of hydrogen-bond acceptors (Lipinski definition) is 2. The Morgan fingerprint density at radius 1 is 0.680 bits per heavy atom. The summed E-state index contributed by atoms with van der Waals surface area (Å²) in [4.78, 5) is 2.41. The summed E-state index contributed by atoms with van der Waals surface area (Å²) in [6.45, 7) is 1.83. The van der Waals surface area contributed by atoms with E-state index in [9.17, 15) is 5.11 Å². The van der Waals surface area contributed by atoms with E-state index >= 15 is 0 Å². The lowest BCUT2D eigenvalue weighted by Gasteiger charge is -2.38. The van der Waals surface area contributed by atoms with Gasteiger partial charge < -0.3 is 5.11 Å². The number of nitrogens with zero attached hydrogens (tertiary/aromatic N) is 1. The van der Waals surface area contributed by atoms with Crippen LogP contribution in [0.2, 0.25) is 0 Å². The molecule has 4 rings (SSSR count). The lowest BCUT2D eigenvalue weighted by molar-refractivity contribution is 0.0390. The second kappa shape index (κ2) is 7.22. The van der Waals surface area contributed by atoms with Gasteiger partial charge in [-0.05, 0) is 28.7 Å². The molecular formula is C23H23NO. The van der Waals surface area contributed by atoms with Gasteiger partial charge in [-0.3, -0.25) is 4.90 Å². The number of rotatable bonds is 4. The third-order valence-corrected chi connectivity index (χ3v) is 5.13. The fourth-order valence-corrected chi connectivity index (χ4v) is 3.83. The van der Waals surface area contributed by atoms with E-state index in [2.05, 4.69) is 53.4 Å². The molecule has 2 heteroatoms. The summed E-state index contributed by atoms with van der Waals surface area (Å²) in [5.41, 5.74) is 4.93. The molecular weight excluding hydrogens is 306 g/mol. The first kappa shape index (κ1) is 16.1. The Hall–Kier alpha value is -2.42. The molecule has 0 fully saturated rings. The van der Waals surface area contributed by atoms with Crippen molar-refractivity contribution in [3.8, 4) is 0 Å². The molecule has 3 aromatic carbocycles. The van der Waals surface area contributed by atoms with E-state index in [4.69, 9.17) is 0 Å². The van der Waals surface area contributed by atoms with Crippen LogP contribution in [0.4, 0.5) is 0 Å². The first-order chi connectivity index (χ1) is 12.3. The molecule has 0 aliphatic carbocycles. The molecule has 2 atom stereocenters. The van der Waals surface area contributed by atoms with Crippen LogP contribution in [0.5, 0.6) is 0 Å². The zero-order valence-corrected chi connectivity index (χ0v) is 14.3. The molecule has 0 saturated carbocycles. The molecule has 1 N–H and O–H groups in total. The lowest BCUT2D eigenvalue weighted by Crippen LogP contribution is -2.37. The first-order valence-corrected chi connectivity index (χ1v) is 8.92. The maximum Gasteiger partial charge on any atom is 0.0986 e. The third-order valence-electron chi connectivity index (χ3n) is 5.13. The fraction of sp³-hybridized carbons (Fsp3) is 0.217. The maximum absolute atomic E-state index is 11.2. The minimum atomic E-state index is -0.547. The number of hydrogen-bond donors (Lipinski definition) is 1. The van der Waals surface area contributed by atoms with Crippen molar-refractivity contribution in [1.82, 2.24) is 4.90 Å². The summed E-state index contributed by atoms with van der Waals surface area (Å²) in [5, 5.41) is 11.2. The van der Waals surface area contributed by atoms with Crippen LogP contribution in [0.25, 0.3) is 0 Å². The second-order valence-electron chi connectivity index (χ2n) is 6.70. The highest BCUT2D eigenvalue weighted by Gasteiger charge is 2.31. The molecule has 0 saturated heterocycles. The van der Waals surface area contributed by atoms with Crippen LogP contribution in [0.1, 0.15) is 34.4 Å². The second-order valence-corrected chi connectivity index (χ2v) is 6.70. The molecule has 1 aliphatic heterocycles. The van der Waals surface area contributed by atoms with Gasteiger partial charge in [-0.25, -0.2) is 0 Å². The van der Waals surface area contributed by atoms with Gasteiger partial charge in [0, 0.05) is 13.1 Å². The van der Waals surface area contributed by atoms with Crippen molar-refractivity contribution >= 4 is 0 Å². The summed E-state index contributed by atoms with van der Waals surface area (Å²) < 4.78 is 0. The van der Waals surface area contributed by atoms with Crippen molar-refractivity contribution in [3.05, 3.63) is 107 Å². The Morgan fingerprint density at radius 2 is 1.24 bits per heavy atom. The average molecular weight is 329 g/mol. The molecule has 1 heterocycles. The fourth-order valence-electron chi connectivity index (χ4n) is 3.83. The van der Waals surface area contributed by atoms with Crippen molar-refractivity contribution < 1.29 is 5.11 Å². The summed E-state index contributed by atoms with van der Waals surface area (Å²) in [5.74, 6) is 0. The van der Waals surface area contributed by atoms with Crippen LogP contribution in [0, 0.1) is 0 Å². The highest BCUT2D eigenvalue weighted by Crippen LogP contribution is 2.36. The van der Waals surface area contributed by atoms with Crippen LogP contribution >= 0.6 is 0 Å².